The third kappa shape index (κ3) is 3.48. The molecule has 96 valence electrons. The Kier molecular flexibility index (Phi) is 4.64. The molecule has 2 rings (SSSR count). The fourth-order valence-corrected chi connectivity index (χ4v) is 2.20. The number of nitrogens with zero attached hydrogens (tertiary/aromatic N) is 2. The van der Waals surface area contributed by atoms with E-state index < -0.39 is 0 Å². The Bertz CT molecular complexity index is 523. The van der Waals surface area contributed by atoms with E-state index in [1.807, 2.05) is 36.1 Å². The van der Waals surface area contributed by atoms with Crippen LogP contribution in [0, 0.1) is 0 Å². The van der Waals surface area contributed by atoms with E-state index in [0.29, 0.717) is 10.0 Å². The van der Waals surface area contributed by atoms with E-state index in [1.54, 1.807) is 6.07 Å². The maximum absolute atomic E-state index is 6.09. The van der Waals surface area contributed by atoms with Gasteiger partial charge in [-0.25, -0.2) is 4.98 Å². The van der Waals surface area contributed by atoms with Crippen molar-refractivity contribution in [1.29, 1.82) is 0 Å². The van der Waals surface area contributed by atoms with Crippen molar-refractivity contribution in [2.45, 2.75) is 13.0 Å². The fraction of sp³-hybridized carbons (Fsp3) is 0.308. The smallest absolute Gasteiger partial charge is 0.109 e. The van der Waals surface area contributed by atoms with Crippen LogP contribution in [-0.2, 0) is 20.0 Å². The average molecular weight is 284 g/mol. The molecule has 1 aromatic heterocycles. The first-order valence-electron chi connectivity index (χ1n) is 5.77. The number of imidazole rings is 1. The number of halogens is 2. The summed E-state index contributed by atoms with van der Waals surface area (Å²) < 4.78 is 2.02. The Labute approximate surface area is 117 Å². The summed E-state index contributed by atoms with van der Waals surface area (Å²) in [5, 5.41) is 4.71. The summed E-state index contributed by atoms with van der Waals surface area (Å²) in [6.07, 6.45) is 4.66. The molecule has 3 nitrogen and oxygen atoms in total. The van der Waals surface area contributed by atoms with E-state index in [-0.39, 0.29) is 0 Å². The lowest BCUT2D eigenvalue weighted by atomic mass is 10.2. The normalized spacial score (nSPS) is 10.8. The highest BCUT2D eigenvalue weighted by molar-refractivity contribution is 6.35. The molecule has 0 saturated heterocycles. The largest absolute Gasteiger partial charge is 0.338 e. The molecule has 0 bridgehead atoms. The second-order valence-corrected chi connectivity index (χ2v) is 4.96. The monoisotopic (exact) mass is 283 g/mol. The van der Waals surface area contributed by atoms with E-state index in [4.69, 9.17) is 23.2 Å². The van der Waals surface area contributed by atoms with Gasteiger partial charge >= 0.3 is 0 Å². The Balaban J connectivity index is 1.80. The van der Waals surface area contributed by atoms with Gasteiger partial charge in [-0.05, 0) is 17.7 Å². The molecule has 0 radical (unpaired) electrons. The van der Waals surface area contributed by atoms with Gasteiger partial charge in [-0.1, -0.05) is 29.3 Å². The number of hydrogen-bond donors (Lipinski definition) is 1. The molecule has 0 aliphatic heterocycles. The van der Waals surface area contributed by atoms with Crippen molar-refractivity contribution in [2.24, 2.45) is 7.05 Å². The van der Waals surface area contributed by atoms with Gasteiger partial charge in [0.1, 0.15) is 5.82 Å². The zero-order chi connectivity index (χ0) is 13.0. The van der Waals surface area contributed by atoms with Crippen LogP contribution in [0.25, 0.3) is 0 Å². The van der Waals surface area contributed by atoms with Gasteiger partial charge in [0.05, 0.1) is 0 Å². The molecule has 0 spiro atoms. The van der Waals surface area contributed by atoms with Crippen LogP contribution >= 0.6 is 23.2 Å². The lowest BCUT2D eigenvalue weighted by Crippen LogP contribution is -2.18. The first-order valence-corrected chi connectivity index (χ1v) is 6.53. The van der Waals surface area contributed by atoms with Crippen molar-refractivity contribution in [2.75, 3.05) is 6.54 Å². The number of rotatable bonds is 5. The lowest BCUT2D eigenvalue weighted by Gasteiger charge is -2.07. The summed E-state index contributed by atoms with van der Waals surface area (Å²) in [5.74, 6) is 1.07. The van der Waals surface area contributed by atoms with Crippen LogP contribution in [-0.4, -0.2) is 16.1 Å². The molecule has 0 saturated carbocycles. The van der Waals surface area contributed by atoms with Gasteiger partial charge in [0.15, 0.2) is 0 Å². The SMILES string of the molecule is Cn1ccnc1CCNCc1ccc(Cl)cc1Cl. The van der Waals surface area contributed by atoms with E-state index in [1.165, 1.54) is 0 Å². The molecule has 5 heteroatoms. The van der Waals surface area contributed by atoms with Gasteiger partial charge in [-0.3, -0.25) is 0 Å². The quantitative estimate of drug-likeness (QED) is 0.855. The first kappa shape index (κ1) is 13.4. The highest BCUT2D eigenvalue weighted by Gasteiger charge is 2.02. The van der Waals surface area contributed by atoms with Gasteiger partial charge in [0, 0.05) is 49.0 Å². The number of nitrogens with one attached hydrogen (secondary N) is 1. The summed E-state index contributed by atoms with van der Waals surface area (Å²) >= 11 is 11.9. The van der Waals surface area contributed by atoms with Crippen LogP contribution in [0.2, 0.25) is 10.0 Å². The lowest BCUT2D eigenvalue weighted by molar-refractivity contribution is 0.655. The van der Waals surface area contributed by atoms with Crippen molar-refractivity contribution >= 4 is 23.2 Å². The molecule has 1 N–H and O–H groups in total. The van der Waals surface area contributed by atoms with Crippen molar-refractivity contribution in [3.63, 3.8) is 0 Å². The zero-order valence-corrected chi connectivity index (χ0v) is 11.7. The minimum Gasteiger partial charge on any atom is -0.338 e. The molecule has 0 fully saturated rings. The number of benzene rings is 1. The van der Waals surface area contributed by atoms with E-state index in [9.17, 15) is 0 Å². The Hall–Kier alpha value is -1.03. The molecule has 2 aromatic rings. The molecular formula is C13H15Cl2N3. The summed E-state index contributed by atoms with van der Waals surface area (Å²) in [5.41, 5.74) is 1.06. The Morgan fingerprint density at radius 1 is 1.33 bits per heavy atom. The molecule has 0 aliphatic rings. The molecule has 0 amide bonds. The van der Waals surface area contributed by atoms with Crippen LogP contribution in [0.3, 0.4) is 0 Å². The van der Waals surface area contributed by atoms with Gasteiger partial charge in [-0.15, -0.1) is 0 Å². The Morgan fingerprint density at radius 2 is 2.17 bits per heavy atom. The number of aromatic nitrogens is 2. The third-order valence-electron chi connectivity index (χ3n) is 2.78. The average Bonchev–Trinajstić information content (AvgIpc) is 2.73. The highest BCUT2D eigenvalue weighted by Crippen LogP contribution is 2.20. The number of aryl methyl sites for hydroxylation is 1. The van der Waals surface area contributed by atoms with E-state index in [0.717, 1.165) is 30.9 Å². The van der Waals surface area contributed by atoms with Gasteiger partial charge in [0.2, 0.25) is 0 Å². The molecule has 1 heterocycles. The summed E-state index contributed by atoms with van der Waals surface area (Å²) in [4.78, 5) is 4.27. The summed E-state index contributed by atoms with van der Waals surface area (Å²) in [6.45, 7) is 1.60. The van der Waals surface area contributed by atoms with Crippen LogP contribution in [0.4, 0.5) is 0 Å². The van der Waals surface area contributed by atoms with Crippen LogP contribution in [0.15, 0.2) is 30.6 Å². The van der Waals surface area contributed by atoms with E-state index >= 15 is 0 Å². The maximum Gasteiger partial charge on any atom is 0.109 e. The van der Waals surface area contributed by atoms with Crippen molar-refractivity contribution in [3.8, 4) is 0 Å². The zero-order valence-electron chi connectivity index (χ0n) is 10.2. The third-order valence-corrected chi connectivity index (χ3v) is 3.36. The van der Waals surface area contributed by atoms with Gasteiger partial charge in [-0.2, -0.15) is 0 Å². The molecule has 18 heavy (non-hydrogen) atoms. The topological polar surface area (TPSA) is 29.9 Å². The summed E-state index contributed by atoms with van der Waals surface area (Å²) in [7, 11) is 2.00. The van der Waals surface area contributed by atoms with Gasteiger partial charge in [0.25, 0.3) is 0 Å². The molecule has 1 aromatic carbocycles. The standard InChI is InChI=1S/C13H15Cl2N3/c1-18-7-6-17-13(18)4-5-16-9-10-2-3-11(14)8-12(10)15/h2-3,6-8,16H,4-5,9H2,1H3. The number of hydrogen-bond acceptors (Lipinski definition) is 2. The predicted molar refractivity (Wildman–Crippen MR) is 75.1 cm³/mol. The van der Waals surface area contributed by atoms with Crippen molar-refractivity contribution in [1.82, 2.24) is 14.9 Å². The minimum absolute atomic E-state index is 0.664. The van der Waals surface area contributed by atoms with Gasteiger partial charge < -0.3 is 9.88 Å². The van der Waals surface area contributed by atoms with Crippen LogP contribution in [0.5, 0.6) is 0 Å². The summed E-state index contributed by atoms with van der Waals surface area (Å²) in [6, 6.07) is 5.56. The predicted octanol–water partition coefficient (Wildman–Crippen LogP) is 3.06. The first-order chi connectivity index (χ1) is 8.66. The highest BCUT2D eigenvalue weighted by atomic mass is 35.5. The van der Waals surface area contributed by atoms with Crippen LogP contribution < -0.4 is 5.32 Å². The maximum atomic E-state index is 6.09. The van der Waals surface area contributed by atoms with Crippen molar-refractivity contribution < 1.29 is 0 Å². The molecular weight excluding hydrogens is 269 g/mol. The van der Waals surface area contributed by atoms with Crippen molar-refractivity contribution in [3.05, 3.63) is 52.0 Å². The minimum atomic E-state index is 0.664. The molecule has 0 atom stereocenters. The van der Waals surface area contributed by atoms with E-state index in [2.05, 4.69) is 10.3 Å². The molecule has 0 aliphatic carbocycles. The Morgan fingerprint density at radius 3 is 2.83 bits per heavy atom. The second-order valence-electron chi connectivity index (χ2n) is 4.12. The fourth-order valence-electron chi connectivity index (χ4n) is 1.73. The molecule has 0 unspecified atom stereocenters. The van der Waals surface area contributed by atoms with Crippen LogP contribution in [0.1, 0.15) is 11.4 Å². The second kappa shape index (κ2) is 6.23.